The average Bonchev–Trinajstić information content (AvgIpc) is 2.74. The summed E-state index contributed by atoms with van der Waals surface area (Å²) in [5.41, 5.74) is 0.366. The Bertz CT molecular complexity index is 1360. The molecule has 3 aromatic carbocycles. The van der Waals surface area contributed by atoms with Crippen molar-refractivity contribution in [3.8, 4) is 0 Å². The monoisotopic (exact) mass is 555 g/mol. The number of carbonyl (C=O) groups is 1. The van der Waals surface area contributed by atoms with Gasteiger partial charge in [0.05, 0.1) is 16.8 Å². The second-order valence-electron chi connectivity index (χ2n) is 6.91. The van der Waals surface area contributed by atoms with E-state index in [-0.39, 0.29) is 16.3 Å². The zero-order valence-corrected chi connectivity index (χ0v) is 20.4. The van der Waals surface area contributed by atoms with Crippen LogP contribution in [0.3, 0.4) is 0 Å². The number of nitrogens with one attached hydrogen (secondary N) is 2. The highest BCUT2D eigenvalue weighted by Gasteiger charge is 2.23. The fourth-order valence-electron chi connectivity index (χ4n) is 2.82. The number of carbonyl (C=O) groups excluding carboxylic acids is 1. The number of para-hydroxylation sites is 1. The Morgan fingerprint density at radius 3 is 2.06 bits per heavy atom. The van der Waals surface area contributed by atoms with Gasteiger partial charge in [-0.3, -0.25) is 13.8 Å². The first kappa shape index (κ1) is 24.7. The van der Waals surface area contributed by atoms with Gasteiger partial charge in [-0.25, -0.2) is 21.2 Å². The molecule has 3 rings (SSSR count). The summed E-state index contributed by atoms with van der Waals surface area (Å²) in [6, 6.07) is 17.1. The highest BCUT2D eigenvalue weighted by atomic mass is 79.9. The van der Waals surface area contributed by atoms with E-state index in [0.717, 1.165) is 16.8 Å². The second-order valence-corrected chi connectivity index (χ2v) is 11.4. The fourth-order valence-corrected chi connectivity index (χ4v) is 5.00. The SMILES string of the molecule is CS(=O)(=O)N(CC(=O)Nc1ccc(S(=O)(=O)Nc2ccc(Br)cc2)cc1)c1ccccc1F. The Kier molecular flexibility index (Phi) is 7.40. The van der Waals surface area contributed by atoms with E-state index in [2.05, 4.69) is 26.0 Å². The summed E-state index contributed by atoms with van der Waals surface area (Å²) in [4.78, 5) is 12.4. The third-order valence-corrected chi connectivity index (χ3v) is 7.41. The molecule has 0 aliphatic heterocycles. The summed E-state index contributed by atoms with van der Waals surface area (Å²) >= 11 is 3.27. The highest BCUT2D eigenvalue weighted by molar-refractivity contribution is 9.10. The molecule has 0 atom stereocenters. The summed E-state index contributed by atoms with van der Waals surface area (Å²) in [6.07, 6.45) is 0.866. The number of amides is 1. The normalized spacial score (nSPS) is 11.6. The van der Waals surface area contributed by atoms with Crippen molar-refractivity contribution in [3.05, 3.63) is 83.1 Å². The first-order valence-corrected chi connectivity index (χ1v) is 13.5. The summed E-state index contributed by atoms with van der Waals surface area (Å²) < 4.78 is 67.3. The smallest absolute Gasteiger partial charge is 0.261 e. The molecule has 0 saturated carbocycles. The Labute approximate surface area is 199 Å². The Hall–Kier alpha value is -2.96. The van der Waals surface area contributed by atoms with Gasteiger partial charge in [-0.15, -0.1) is 0 Å². The number of halogens is 2. The third kappa shape index (κ3) is 6.53. The number of rotatable bonds is 8. The summed E-state index contributed by atoms with van der Waals surface area (Å²) in [7, 11) is -7.80. The van der Waals surface area contributed by atoms with Crippen LogP contribution in [-0.4, -0.2) is 35.5 Å². The zero-order chi connectivity index (χ0) is 24.2. The van der Waals surface area contributed by atoms with Crippen LogP contribution in [0.2, 0.25) is 0 Å². The van der Waals surface area contributed by atoms with Crippen LogP contribution in [0.1, 0.15) is 0 Å². The first-order valence-electron chi connectivity index (χ1n) is 9.36. The Balaban J connectivity index is 1.71. The lowest BCUT2D eigenvalue weighted by Crippen LogP contribution is -2.38. The second kappa shape index (κ2) is 9.89. The van der Waals surface area contributed by atoms with Gasteiger partial charge in [0, 0.05) is 15.8 Å². The van der Waals surface area contributed by atoms with Crippen LogP contribution in [0.15, 0.2) is 82.2 Å². The fraction of sp³-hybridized carbons (Fsp3) is 0.0952. The molecule has 0 bridgehead atoms. The standard InChI is InChI=1S/C21H19BrFN3O5S2/c1-32(28,29)26(20-5-3-2-4-19(20)23)14-21(27)24-16-10-12-18(13-11-16)33(30,31)25-17-8-6-15(22)7-9-17/h2-13,25H,14H2,1H3,(H,24,27). The van der Waals surface area contributed by atoms with E-state index in [0.29, 0.717) is 9.99 Å². The van der Waals surface area contributed by atoms with Gasteiger partial charge in [-0.1, -0.05) is 28.1 Å². The quantitative estimate of drug-likeness (QED) is 0.439. The van der Waals surface area contributed by atoms with E-state index >= 15 is 0 Å². The molecule has 0 unspecified atom stereocenters. The van der Waals surface area contributed by atoms with E-state index in [1.165, 1.54) is 42.5 Å². The van der Waals surface area contributed by atoms with Crippen LogP contribution in [0.4, 0.5) is 21.5 Å². The van der Waals surface area contributed by atoms with E-state index in [9.17, 15) is 26.0 Å². The molecule has 1 amide bonds. The highest BCUT2D eigenvalue weighted by Crippen LogP contribution is 2.22. The molecule has 0 spiro atoms. The maximum Gasteiger partial charge on any atom is 0.261 e. The summed E-state index contributed by atoms with van der Waals surface area (Å²) in [5.74, 6) is -1.52. The molecule has 0 radical (unpaired) electrons. The minimum Gasteiger partial charge on any atom is -0.325 e. The molecule has 0 heterocycles. The van der Waals surface area contributed by atoms with Crippen LogP contribution in [-0.2, 0) is 24.8 Å². The van der Waals surface area contributed by atoms with Gasteiger partial charge < -0.3 is 5.32 Å². The minimum atomic E-state index is -3.94. The molecule has 12 heteroatoms. The lowest BCUT2D eigenvalue weighted by atomic mass is 10.3. The van der Waals surface area contributed by atoms with Crippen LogP contribution in [0.25, 0.3) is 0 Å². The van der Waals surface area contributed by atoms with Crippen molar-refractivity contribution < 1.29 is 26.0 Å². The average molecular weight is 556 g/mol. The molecule has 2 N–H and O–H groups in total. The molecular formula is C21H19BrFN3O5S2. The predicted octanol–water partition coefficient (Wildman–Crippen LogP) is 3.79. The number of hydrogen-bond donors (Lipinski definition) is 2. The molecule has 33 heavy (non-hydrogen) atoms. The van der Waals surface area contributed by atoms with Crippen molar-refractivity contribution in [2.75, 3.05) is 27.1 Å². The maximum absolute atomic E-state index is 14.1. The number of benzene rings is 3. The van der Waals surface area contributed by atoms with Gasteiger partial charge in [0.2, 0.25) is 15.9 Å². The largest absolute Gasteiger partial charge is 0.325 e. The van der Waals surface area contributed by atoms with Crippen LogP contribution >= 0.6 is 15.9 Å². The molecule has 0 aliphatic carbocycles. The van der Waals surface area contributed by atoms with E-state index in [1.807, 2.05) is 0 Å². The molecule has 0 aliphatic rings. The number of sulfonamides is 2. The summed E-state index contributed by atoms with van der Waals surface area (Å²) in [6.45, 7) is -0.662. The topological polar surface area (TPSA) is 113 Å². The van der Waals surface area contributed by atoms with Crippen molar-refractivity contribution in [3.63, 3.8) is 0 Å². The summed E-state index contributed by atoms with van der Waals surface area (Å²) in [5, 5.41) is 2.48. The van der Waals surface area contributed by atoms with Gasteiger partial charge in [-0.2, -0.15) is 0 Å². The lowest BCUT2D eigenvalue weighted by molar-refractivity contribution is -0.114. The van der Waals surface area contributed by atoms with Crippen molar-refractivity contribution >= 4 is 58.9 Å². The number of anilines is 3. The van der Waals surface area contributed by atoms with Crippen molar-refractivity contribution in [1.82, 2.24) is 0 Å². The van der Waals surface area contributed by atoms with E-state index < -0.39 is 38.3 Å². The zero-order valence-electron chi connectivity index (χ0n) is 17.2. The van der Waals surface area contributed by atoms with Gasteiger partial charge in [0.25, 0.3) is 10.0 Å². The van der Waals surface area contributed by atoms with Crippen LogP contribution in [0, 0.1) is 5.82 Å². The van der Waals surface area contributed by atoms with Crippen molar-refractivity contribution in [2.24, 2.45) is 0 Å². The van der Waals surface area contributed by atoms with E-state index in [4.69, 9.17) is 0 Å². The molecule has 8 nitrogen and oxygen atoms in total. The van der Waals surface area contributed by atoms with Crippen LogP contribution in [0.5, 0.6) is 0 Å². The molecule has 0 fully saturated rings. The molecule has 0 saturated heterocycles. The van der Waals surface area contributed by atoms with Crippen molar-refractivity contribution in [1.29, 1.82) is 0 Å². The third-order valence-electron chi connectivity index (χ3n) is 4.35. The van der Waals surface area contributed by atoms with Gasteiger partial charge in [0.1, 0.15) is 12.4 Å². The lowest BCUT2D eigenvalue weighted by Gasteiger charge is -2.22. The first-order chi connectivity index (χ1) is 15.5. The van der Waals surface area contributed by atoms with Crippen molar-refractivity contribution in [2.45, 2.75) is 4.90 Å². The van der Waals surface area contributed by atoms with Gasteiger partial charge in [-0.05, 0) is 60.7 Å². The predicted molar refractivity (Wildman–Crippen MR) is 129 cm³/mol. The molecule has 3 aromatic rings. The van der Waals surface area contributed by atoms with E-state index in [1.54, 1.807) is 24.3 Å². The molecular weight excluding hydrogens is 537 g/mol. The number of hydrogen-bond acceptors (Lipinski definition) is 5. The minimum absolute atomic E-state index is 0.0347. The molecule has 174 valence electrons. The maximum atomic E-state index is 14.1. The molecule has 0 aromatic heterocycles. The van der Waals surface area contributed by atoms with Gasteiger partial charge >= 0.3 is 0 Å². The van der Waals surface area contributed by atoms with Crippen LogP contribution < -0.4 is 14.3 Å². The van der Waals surface area contributed by atoms with Gasteiger partial charge in [0.15, 0.2) is 0 Å². The Morgan fingerprint density at radius 2 is 1.48 bits per heavy atom. The number of nitrogens with zero attached hydrogens (tertiary/aromatic N) is 1. The Morgan fingerprint density at radius 1 is 0.909 bits per heavy atom.